The Morgan fingerprint density at radius 3 is 2.03 bits per heavy atom. The van der Waals surface area contributed by atoms with Gasteiger partial charge in [0.15, 0.2) is 28.5 Å². The third-order valence-electron chi connectivity index (χ3n) is 4.54. The van der Waals surface area contributed by atoms with E-state index in [9.17, 15) is 0 Å². The molecule has 2 heterocycles. The van der Waals surface area contributed by atoms with Gasteiger partial charge in [0.1, 0.15) is 12.2 Å². The summed E-state index contributed by atoms with van der Waals surface area (Å²) in [5.74, 6) is 3.00. The van der Waals surface area contributed by atoms with Gasteiger partial charge >= 0.3 is 0 Å². The lowest BCUT2D eigenvalue weighted by atomic mass is 10.1. The molecule has 1 aromatic carbocycles. The van der Waals surface area contributed by atoms with Gasteiger partial charge in [-0.25, -0.2) is 15.0 Å². The molecule has 2 aromatic heterocycles. The van der Waals surface area contributed by atoms with E-state index >= 15 is 0 Å². The lowest BCUT2D eigenvalue weighted by Gasteiger charge is -2.14. The van der Waals surface area contributed by atoms with Gasteiger partial charge in [-0.05, 0) is 24.6 Å². The Kier molecular flexibility index (Phi) is 8.06. The Balaban J connectivity index is 0.000000687. The van der Waals surface area contributed by atoms with Gasteiger partial charge in [-0.1, -0.05) is 26.7 Å². The van der Waals surface area contributed by atoms with E-state index in [0.29, 0.717) is 35.0 Å². The number of benzene rings is 1. The monoisotopic (exact) mass is 401 g/mol. The molecule has 8 heteroatoms. The molecule has 158 valence electrons. The van der Waals surface area contributed by atoms with Crippen LogP contribution in [0.25, 0.3) is 11.2 Å². The van der Waals surface area contributed by atoms with E-state index in [1.54, 1.807) is 21.3 Å². The highest BCUT2D eigenvalue weighted by molar-refractivity contribution is 5.81. The molecule has 0 fully saturated rings. The first kappa shape index (κ1) is 22.3. The minimum Gasteiger partial charge on any atom is -0.493 e. The van der Waals surface area contributed by atoms with Crippen molar-refractivity contribution in [1.29, 1.82) is 0 Å². The second-order valence-electron chi connectivity index (χ2n) is 6.41. The van der Waals surface area contributed by atoms with E-state index in [0.717, 1.165) is 23.6 Å². The average molecular weight is 402 g/mol. The summed E-state index contributed by atoms with van der Waals surface area (Å²) in [5, 5.41) is 0. The van der Waals surface area contributed by atoms with E-state index in [1.165, 1.54) is 19.2 Å². The van der Waals surface area contributed by atoms with Crippen LogP contribution in [0.3, 0.4) is 0 Å². The molecule has 0 radical (unpaired) electrons. The number of aromatic nitrogens is 4. The molecule has 0 bridgehead atoms. The number of hydrogen-bond donors (Lipinski definition) is 1. The second kappa shape index (κ2) is 10.5. The zero-order valence-corrected chi connectivity index (χ0v) is 18.2. The van der Waals surface area contributed by atoms with Gasteiger partial charge in [-0.3, -0.25) is 0 Å². The molecule has 2 N–H and O–H groups in total. The largest absolute Gasteiger partial charge is 0.493 e. The molecule has 0 aliphatic rings. The van der Waals surface area contributed by atoms with Crippen LogP contribution >= 0.6 is 0 Å². The minimum absolute atomic E-state index is 0.378. The molecule has 0 aliphatic carbocycles. The van der Waals surface area contributed by atoms with Crippen LogP contribution in [0.4, 0.5) is 5.82 Å². The number of ether oxygens (including phenoxy) is 3. The van der Waals surface area contributed by atoms with E-state index in [4.69, 9.17) is 19.9 Å². The third-order valence-corrected chi connectivity index (χ3v) is 4.54. The molecule has 0 unspecified atom stereocenters. The van der Waals surface area contributed by atoms with Crippen molar-refractivity contribution in [3.8, 4) is 17.2 Å². The minimum atomic E-state index is 0.378. The van der Waals surface area contributed by atoms with Crippen molar-refractivity contribution in [3.63, 3.8) is 0 Å². The summed E-state index contributed by atoms with van der Waals surface area (Å²) in [4.78, 5) is 13.0. The molecule has 0 amide bonds. The van der Waals surface area contributed by atoms with Crippen molar-refractivity contribution in [2.24, 2.45) is 0 Å². The van der Waals surface area contributed by atoms with Crippen molar-refractivity contribution < 1.29 is 14.2 Å². The Bertz CT molecular complexity index is 912. The highest BCUT2D eigenvalue weighted by atomic mass is 16.5. The van der Waals surface area contributed by atoms with Crippen molar-refractivity contribution in [1.82, 2.24) is 19.5 Å². The van der Waals surface area contributed by atoms with Crippen molar-refractivity contribution >= 4 is 17.0 Å². The maximum Gasteiger partial charge on any atom is 0.203 e. The van der Waals surface area contributed by atoms with Crippen LogP contribution in [-0.2, 0) is 13.0 Å². The molecule has 3 rings (SSSR count). The first-order valence-corrected chi connectivity index (χ1v) is 9.78. The molecule has 8 nitrogen and oxygen atoms in total. The zero-order valence-electron chi connectivity index (χ0n) is 18.2. The summed E-state index contributed by atoms with van der Waals surface area (Å²) in [6.45, 7) is 7.13. The normalized spacial score (nSPS) is 10.4. The Morgan fingerprint density at radius 1 is 0.931 bits per heavy atom. The summed E-state index contributed by atoms with van der Waals surface area (Å²) < 4.78 is 18.2. The lowest BCUT2D eigenvalue weighted by molar-refractivity contribution is 0.324. The molecule has 0 aliphatic heterocycles. The number of nitrogens with zero attached hydrogens (tertiary/aromatic N) is 4. The maximum absolute atomic E-state index is 5.93. The standard InChI is InChI=1S/C17H21N5O3.C4H10/c1-5-22-13(21-14-16(18)19-9-20-17(14)22)8-10-6-11(23-2)15(25-4)12(7-10)24-3;1-3-4-2/h6-7,9H,5,8H2,1-4H3,(H2,18,19,20);3-4H2,1-2H3. The fourth-order valence-corrected chi connectivity index (χ4v) is 2.89. The van der Waals surface area contributed by atoms with Gasteiger partial charge in [0, 0.05) is 13.0 Å². The summed E-state index contributed by atoms with van der Waals surface area (Å²) in [7, 11) is 4.77. The Morgan fingerprint density at radius 2 is 1.55 bits per heavy atom. The quantitative estimate of drug-likeness (QED) is 0.642. The van der Waals surface area contributed by atoms with Crippen LogP contribution in [0.15, 0.2) is 18.5 Å². The van der Waals surface area contributed by atoms with Crippen LogP contribution in [0, 0.1) is 0 Å². The van der Waals surface area contributed by atoms with E-state index in [-0.39, 0.29) is 0 Å². The number of imidazole rings is 1. The van der Waals surface area contributed by atoms with Crippen molar-refractivity contribution in [3.05, 3.63) is 29.8 Å². The SMILES string of the molecule is CCCC.CCn1c(Cc2cc(OC)c(OC)c(OC)c2)nc2c(N)ncnc21. The highest BCUT2D eigenvalue weighted by Crippen LogP contribution is 2.38. The smallest absolute Gasteiger partial charge is 0.203 e. The van der Waals surface area contributed by atoms with Gasteiger partial charge in [0.05, 0.1) is 21.3 Å². The predicted octanol–water partition coefficient (Wildman–Crippen LogP) is 3.85. The molecule has 0 saturated carbocycles. The number of methoxy groups -OCH3 is 3. The molecular formula is C21H31N5O3. The van der Waals surface area contributed by atoms with Crippen molar-refractivity contribution in [2.75, 3.05) is 27.1 Å². The number of hydrogen-bond acceptors (Lipinski definition) is 7. The zero-order chi connectivity index (χ0) is 21.4. The number of anilines is 1. The number of nitrogens with two attached hydrogens (primary N) is 1. The summed E-state index contributed by atoms with van der Waals surface area (Å²) in [6, 6.07) is 3.82. The molecular weight excluding hydrogens is 370 g/mol. The highest BCUT2D eigenvalue weighted by Gasteiger charge is 2.17. The van der Waals surface area contributed by atoms with Gasteiger partial charge in [0.2, 0.25) is 5.75 Å². The van der Waals surface area contributed by atoms with Crippen LogP contribution in [-0.4, -0.2) is 40.8 Å². The van der Waals surface area contributed by atoms with Gasteiger partial charge in [-0.2, -0.15) is 0 Å². The summed E-state index contributed by atoms with van der Waals surface area (Å²) in [6.07, 6.45) is 4.66. The average Bonchev–Trinajstić information content (AvgIpc) is 3.11. The Labute approximate surface area is 172 Å². The van der Waals surface area contributed by atoms with Crippen LogP contribution in [0.2, 0.25) is 0 Å². The Hall–Kier alpha value is -3.03. The fraction of sp³-hybridized carbons (Fsp3) is 0.476. The predicted molar refractivity (Wildman–Crippen MR) is 115 cm³/mol. The fourth-order valence-electron chi connectivity index (χ4n) is 2.89. The van der Waals surface area contributed by atoms with Gasteiger partial charge in [0.25, 0.3) is 0 Å². The van der Waals surface area contributed by atoms with Crippen LogP contribution in [0.1, 0.15) is 45.0 Å². The lowest BCUT2D eigenvalue weighted by Crippen LogP contribution is -2.04. The number of nitrogen functional groups attached to an aromatic ring is 1. The molecule has 0 spiro atoms. The van der Waals surface area contributed by atoms with E-state index in [1.807, 2.05) is 23.6 Å². The van der Waals surface area contributed by atoms with Crippen LogP contribution in [0.5, 0.6) is 17.2 Å². The molecule has 3 aromatic rings. The van der Waals surface area contributed by atoms with Crippen molar-refractivity contribution in [2.45, 2.75) is 46.6 Å². The second-order valence-corrected chi connectivity index (χ2v) is 6.41. The van der Waals surface area contributed by atoms with Gasteiger partial charge < -0.3 is 24.5 Å². The molecule has 0 atom stereocenters. The summed E-state index contributed by atoms with van der Waals surface area (Å²) >= 11 is 0. The van der Waals surface area contributed by atoms with E-state index in [2.05, 4.69) is 28.8 Å². The van der Waals surface area contributed by atoms with Crippen LogP contribution < -0.4 is 19.9 Å². The first-order valence-electron chi connectivity index (χ1n) is 9.78. The maximum atomic E-state index is 5.93. The molecule has 29 heavy (non-hydrogen) atoms. The number of rotatable bonds is 7. The third kappa shape index (κ3) is 4.88. The van der Waals surface area contributed by atoms with E-state index < -0.39 is 0 Å². The summed E-state index contributed by atoms with van der Waals surface area (Å²) in [5.41, 5.74) is 8.26. The van der Waals surface area contributed by atoms with Gasteiger partial charge in [-0.15, -0.1) is 0 Å². The topological polar surface area (TPSA) is 97.3 Å². The molecule has 0 saturated heterocycles. The number of unbranched alkanes of at least 4 members (excludes halogenated alkanes) is 1. The number of fused-ring (bicyclic) bond motifs is 1. The first-order chi connectivity index (χ1) is 14.0. The number of aryl methyl sites for hydroxylation is 1.